The van der Waals surface area contributed by atoms with Crippen LogP contribution in [0.15, 0.2) is 121 Å². The van der Waals surface area contributed by atoms with Gasteiger partial charge in [0, 0.05) is 5.69 Å². The van der Waals surface area contributed by atoms with Crippen LogP contribution in [0, 0.1) is 0 Å². The Kier molecular flexibility index (Phi) is 5.22. The van der Waals surface area contributed by atoms with Crippen LogP contribution in [0.5, 0.6) is 0 Å². The van der Waals surface area contributed by atoms with Crippen LogP contribution in [0.3, 0.4) is 0 Å². The van der Waals surface area contributed by atoms with E-state index in [9.17, 15) is 5.11 Å². The molecular formula is C26H23NO. The van der Waals surface area contributed by atoms with Crippen molar-refractivity contribution in [3.63, 3.8) is 0 Å². The van der Waals surface area contributed by atoms with Crippen LogP contribution in [0.25, 0.3) is 0 Å². The minimum absolute atomic E-state index is 0.764. The van der Waals surface area contributed by atoms with E-state index in [1.165, 1.54) is 0 Å². The number of aliphatic hydroxyl groups is 1. The van der Waals surface area contributed by atoms with Gasteiger partial charge in [0.25, 0.3) is 0 Å². The van der Waals surface area contributed by atoms with E-state index in [-0.39, 0.29) is 0 Å². The van der Waals surface area contributed by atoms with Gasteiger partial charge in [-0.25, -0.2) is 0 Å². The summed E-state index contributed by atoms with van der Waals surface area (Å²) in [5.74, 6) is 0. The Morgan fingerprint density at radius 1 is 0.500 bits per heavy atom. The Balaban J connectivity index is 1.95. The zero-order valence-corrected chi connectivity index (χ0v) is 15.6. The van der Waals surface area contributed by atoms with E-state index in [1.807, 2.05) is 84.9 Å². The van der Waals surface area contributed by atoms with Gasteiger partial charge in [0.2, 0.25) is 0 Å². The van der Waals surface area contributed by atoms with E-state index in [0.717, 1.165) is 22.4 Å². The summed E-state index contributed by atoms with van der Waals surface area (Å²) >= 11 is 0. The van der Waals surface area contributed by atoms with Gasteiger partial charge in [0.15, 0.2) is 0 Å². The van der Waals surface area contributed by atoms with Crippen molar-refractivity contribution < 1.29 is 5.11 Å². The van der Waals surface area contributed by atoms with Gasteiger partial charge in [-0.2, -0.15) is 0 Å². The number of aliphatic hydroxyl groups excluding tert-OH is 1. The summed E-state index contributed by atoms with van der Waals surface area (Å²) in [4.78, 5) is 0. The maximum Gasteiger partial charge on any atom is 0.142 e. The van der Waals surface area contributed by atoms with Gasteiger partial charge in [-0.1, -0.05) is 109 Å². The standard InChI is InChI=1S/C26H23NO/c28-25(27-24-19-11-4-12-20-24)26(21-13-5-1-6-14-21,22-15-7-2-8-16-22)23-17-9-3-10-18-23/h1-20,25,27-28H. The van der Waals surface area contributed by atoms with Crippen LogP contribution in [0.4, 0.5) is 5.69 Å². The van der Waals surface area contributed by atoms with Gasteiger partial charge in [0.1, 0.15) is 6.23 Å². The quantitative estimate of drug-likeness (QED) is 0.352. The van der Waals surface area contributed by atoms with Crippen molar-refractivity contribution in [3.8, 4) is 0 Å². The molecule has 0 heterocycles. The highest BCUT2D eigenvalue weighted by Crippen LogP contribution is 2.42. The molecule has 4 aromatic carbocycles. The molecule has 4 rings (SSSR count). The zero-order chi connectivity index (χ0) is 19.2. The SMILES string of the molecule is OC(Nc1ccccc1)C(c1ccccc1)(c1ccccc1)c1ccccc1. The first-order chi connectivity index (χ1) is 13.8. The first kappa shape index (κ1) is 18.0. The van der Waals surface area contributed by atoms with Gasteiger partial charge < -0.3 is 10.4 Å². The monoisotopic (exact) mass is 365 g/mol. The van der Waals surface area contributed by atoms with Crippen LogP contribution in [-0.2, 0) is 5.41 Å². The molecule has 0 spiro atoms. The molecule has 0 aliphatic heterocycles. The molecule has 28 heavy (non-hydrogen) atoms. The lowest BCUT2D eigenvalue weighted by Gasteiger charge is -2.40. The van der Waals surface area contributed by atoms with Crippen molar-refractivity contribution >= 4 is 5.69 Å². The van der Waals surface area contributed by atoms with Crippen LogP contribution in [-0.4, -0.2) is 11.3 Å². The molecule has 0 fully saturated rings. The third kappa shape index (κ3) is 3.30. The van der Waals surface area contributed by atoms with Crippen molar-refractivity contribution in [2.24, 2.45) is 0 Å². The van der Waals surface area contributed by atoms with Crippen LogP contribution in [0.2, 0.25) is 0 Å². The Hall–Kier alpha value is -3.36. The molecule has 4 aromatic rings. The molecule has 0 aliphatic rings. The molecule has 2 nitrogen and oxygen atoms in total. The number of anilines is 1. The Bertz CT molecular complexity index is 889. The van der Waals surface area contributed by atoms with Gasteiger partial charge in [-0.05, 0) is 28.8 Å². The molecule has 2 N–H and O–H groups in total. The van der Waals surface area contributed by atoms with E-state index in [2.05, 4.69) is 41.7 Å². The topological polar surface area (TPSA) is 32.3 Å². The van der Waals surface area contributed by atoms with Crippen LogP contribution in [0.1, 0.15) is 16.7 Å². The van der Waals surface area contributed by atoms with E-state index in [0.29, 0.717) is 0 Å². The summed E-state index contributed by atoms with van der Waals surface area (Å²) in [5, 5.41) is 15.0. The number of hydrogen-bond donors (Lipinski definition) is 2. The van der Waals surface area contributed by atoms with E-state index >= 15 is 0 Å². The maximum atomic E-state index is 11.7. The summed E-state index contributed by atoms with van der Waals surface area (Å²) < 4.78 is 0. The summed E-state index contributed by atoms with van der Waals surface area (Å²) in [6.07, 6.45) is -0.873. The molecule has 0 aromatic heterocycles. The predicted octanol–water partition coefficient (Wildman–Crippen LogP) is 5.45. The summed E-state index contributed by atoms with van der Waals surface area (Å²) in [6.45, 7) is 0. The lowest BCUT2D eigenvalue weighted by Crippen LogP contribution is -2.46. The molecule has 1 atom stereocenters. The molecule has 0 bridgehead atoms. The van der Waals surface area contributed by atoms with Crippen molar-refractivity contribution in [3.05, 3.63) is 138 Å². The molecule has 0 aliphatic carbocycles. The second kappa shape index (κ2) is 8.12. The van der Waals surface area contributed by atoms with Crippen molar-refractivity contribution in [2.45, 2.75) is 11.6 Å². The second-order valence-corrected chi connectivity index (χ2v) is 6.82. The average Bonchev–Trinajstić information content (AvgIpc) is 2.77. The van der Waals surface area contributed by atoms with E-state index in [4.69, 9.17) is 0 Å². The third-order valence-electron chi connectivity index (χ3n) is 5.17. The van der Waals surface area contributed by atoms with Gasteiger partial charge in [0.05, 0.1) is 5.41 Å². The van der Waals surface area contributed by atoms with E-state index < -0.39 is 11.6 Å². The molecule has 0 amide bonds. The minimum Gasteiger partial charge on any atom is -0.372 e. The average molecular weight is 365 g/mol. The first-order valence-corrected chi connectivity index (χ1v) is 9.48. The van der Waals surface area contributed by atoms with Crippen molar-refractivity contribution in [1.82, 2.24) is 0 Å². The lowest BCUT2D eigenvalue weighted by atomic mass is 9.68. The summed E-state index contributed by atoms with van der Waals surface area (Å²) in [6, 6.07) is 40.4. The Morgan fingerprint density at radius 3 is 1.18 bits per heavy atom. The summed E-state index contributed by atoms with van der Waals surface area (Å²) in [7, 11) is 0. The molecule has 2 heteroatoms. The Morgan fingerprint density at radius 2 is 0.821 bits per heavy atom. The van der Waals surface area contributed by atoms with Gasteiger partial charge >= 0.3 is 0 Å². The van der Waals surface area contributed by atoms with Gasteiger partial charge in [-0.3, -0.25) is 0 Å². The predicted molar refractivity (Wildman–Crippen MR) is 115 cm³/mol. The third-order valence-corrected chi connectivity index (χ3v) is 5.17. The lowest BCUT2D eigenvalue weighted by molar-refractivity contribution is 0.148. The number of benzene rings is 4. The smallest absolute Gasteiger partial charge is 0.142 e. The number of nitrogens with one attached hydrogen (secondary N) is 1. The number of rotatable bonds is 6. The molecule has 0 radical (unpaired) electrons. The molecule has 138 valence electrons. The fraction of sp³-hybridized carbons (Fsp3) is 0.0769. The van der Waals surface area contributed by atoms with Crippen molar-refractivity contribution in [2.75, 3.05) is 5.32 Å². The first-order valence-electron chi connectivity index (χ1n) is 9.48. The van der Waals surface area contributed by atoms with Crippen LogP contribution < -0.4 is 5.32 Å². The zero-order valence-electron chi connectivity index (χ0n) is 15.6. The Labute approximate surface area is 166 Å². The maximum absolute atomic E-state index is 11.7. The van der Waals surface area contributed by atoms with E-state index in [1.54, 1.807) is 0 Å². The normalized spacial score (nSPS) is 12.3. The molecular weight excluding hydrogens is 342 g/mol. The number of hydrogen-bond acceptors (Lipinski definition) is 2. The molecule has 0 saturated heterocycles. The minimum atomic E-state index is -0.873. The molecule has 0 saturated carbocycles. The van der Waals surface area contributed by atoms with Crippen LogP contribution >= 0.6 is 0 Å². The highest BCUT2D eigenvalue weighted by molar-refractivity contribution is 5.55. The fourth-order valence-electron chi connectivity index (χ4n) is 3.88. The number of para-hydroxylation sites is 1. The van der Waals surface area contributed by atoms with Gasteiger partial charge in [-0.15, -0.1) is 0 Å². The highest BCUT2D eigenvalue weighted by Gasteiger charge is 2.43. The highest BCUT2D eigenvalue weighted by atomic mass is 16.3. The largest absolute Gasteiger partial charge is 0.372 e. The second-order valence-electron chi connectivity index (χ2n) is 6.82. The molecule has 1 unspecified atom stereocenters. The van der Waals surface area contributed by atoms with Crippen molar-refractivity contribution in [1.29, 1.82) is 0 Å². The fourth-order valence-corrected chi connectivity index (χ4v) is 3.88. The summed E-state index contributed by atoms with van der Waals surface area (Å²) in [5.41, 5.74) is 3.21.